The van der Waals surface area contributed by atoms with E-state index in [1.165, 1.54) is 18.2 Å². The molecule has 0 spiro atoms. The molecule has 94 valence electrons. The van der Waals surface area contributed by atoms with Crippen molar-refractivity contribution in [3.05, 3.63) is 39.9 Å². The highest BCUT2D eigenvalue weighted by atomic mass is 79.9. The van der Waals surface area contributed by atoms with Crippen molar-refractivity contribution in [1.29, 1.82) is 0 Å². The average Bonchev–Trinajstić information content (AvgIpc) is 2.26. The summed E-state index contributed by atoms with van der Waals surface area (Å²) in [5, 5.41) is 20.3. The second-order valence-electron chi connectivity index (χ2n) is 3.48. The van der Waals surface area contributed by atoms with Gasteiger partial charge in [-0.3, -0.25) is 10.1 Å². The smallest absolute Gasteiger partial charge is 0.269 e. The molecule has 0 aliphatic rings. The van der Waals surface area contributed by atoms with Crippen molar-refractivity contribution < 1.29 is 18.4 Å². The van der Waals surface area contributed by atoms with E-state index >= 15 is 0 Å². The molecule has 17 heavy (non-hydrogen) atoms. The van der Waals surface area contributed by atoms with E-state index in [4.69, 9.17) is 0 Å². The van der Waals surface area contributed by atoms with Crippen LogP contribution in [-0.4, -0.2) is 28.9 Å². The van der Waals surface area contributed by atoms with Gasteiger partial charge >= 0.3 is 0 Å². The van der Waals surface area contributed by atoms with Crippen LogP contribution >= 0.6 is 15.9 Å². The summed E-state index contributed by atoms with van der Waals surface area (Å²) in [6, 6.07) is 5.22. The lowest BCUT2D eigenvalue weighted by molar-refractivity contribution is -0.385. The molecule has 0 saturated carbocycles. The lowest BCUT2D eigenvalue weighted by atomic mass is 10.1. The van der Waals surface area contributed by atoms with Crippen LogP contribution in [0.1, 0.15) is 11.7 Å². The van der Waals surface area contributed by atoms with Crippen LogP contribution in [0, 0.1) is 10.1 Å². The second kappa shape index (κ2) is 5.11. The third-order valence-electron chi connectivity index (χ3n) is 2.08. The first kappa shape index (κ1) is 14.1. The number of aliphatic hydroxyl groups excluding tert-OH is 1. The minimum absolute atomic E-state index is 0.173. The lowest BCUT2D eigenvalue weighted by Gasteiger charge is -2.15. The number of aliphatic hydroxyl groups is 1. The highest BCUT2D eigenvalue weighted by Crippen LogP contribution is 2.28. The zero-order valence-electron chi connectivity index (χ0n) is 8.78. The van der Waals surface area contributed by atoms with E-state index < -0.39 is 25.0 Å². The van der Waals surface area contributed by atoms with Gasteiger partial charge in [0, 0.05) is 18.4 Å². The van der Waals surface area contributed by atoms with Crippen molar-refractivity contribution in [2.45, 2.75) is 10.3 Å². The Morgan fingerprint density at radius 2 is 2.06 bits per heavy atom. The summed E-state index contributed by atoms with van der Waals surface area (Å²) in [5.74, 6) is 0. The third-order valence-corrected chi connectivity index (χ3v) is 5.69. The second-order valence-corrected chi connectivity index (χ2v) is 7.24. The predicted octanol–water partition coefficient (Wildman–Crippen LogP) is 1.39. The molecule has 0 unspecified atom stereocenters. The van der Waals surface area contributed by atoms with E-state index in [0.29, 0.717) is 0 Å². The summed E-state index contributed by atoms with van der Waals surface area (Å²) >= 11 is 2.85. The van der Waals surface area contributed by atoms with Crippen LogP contribution in [0.5, 0.6) is 0 Å². The van der Waals surface area contributed by atoms with Crippen LogP contribution in [-0.2, 0) is 9.84 Å². The molecule has 0 aromatic heterocycles. The quantitative estimate of drug-likeness (QED) is 0.513. The van der Waals surface area contributed by atoms with Crippen molar-refractivity contribution in [1.82, 2.24) is 0 Å². The number of nitro benzene ring substituents is 1. The molecule has 0 amide bonds. The molecule has 0 aliphatic heterocycles. The van der Waals surface area contributed by atoms with Gasteiger partial charge in [-0.1, -0.05) is 28.1 Å². The standard InChI is InChI=1S/C9H10BrNO5S/c1-17(15,16)9(10)8(12)6-3-2-4-7(5-6)11(13)14/h2-5,8-9,12H,1H3/t8-,9+/m0/s1. The molecule has 0 fully saturated rings. The molecular formula is C9H10BrNO5S. The van der Waals surface area contributed by atoms with Crippen molar-refractivity contribution in [2.24, 2.45) is 0 Å². The van der Waals surface area contributed by atoms with Gasteiger partial charge in [0.05, 0.1) is 4.92 Å². The highest BCUT2D eigenvalue weighted by Gasteiger charge is 2.28. The molecule has 0 bridgehead atoms. The maximum atomic E-state index is 11.2. The number of hydrogen-bond donors (Lipinski definition) is 1. The Kier molecular flexibility index (Phi) is 4.23. The van der Waals surface area contributed by atoms with Crippen molar-refractivity contribution in [2.75, 3.05) is 6.26 Å². The van der Waals surface area contributed by atoms with Crippen LogP contribution in [0.3, 0.4) is 0 Å². The summed E-state index contributed by atoms with van der Waals surface area (Å²) in [7, 11) is -3.49. The number of nitro groups is 1. The Labute approximate surface area is 106 Å². The highest BCUT2D eigenvalue weighted by molar-refractivity contribution is 9.11. The first-order chi connectivity index (χ1) is 7.73. The molecule has 6 nitrogen and oxygen atoms in total. The molecule has 2 atom stereocenters. The van der Waals surface area contributed by atoms with E-state index in [-0.39, 0.29) is 11.3 Å². The van der Waals surface area contributed by atoms with Gasteiger partial charge in [-0.2, -0.15) is 0 Å². The fourth-order valence-electron chi connectivity index (χ4n) is 1.21. The Hall–Kier alpha value is -0.990. The molecule has 1 N–H and O–H groups in total. The lowest BCUT2D eigenvalue weighted by Crippen LogP contribution is -2.21. The Morgan fingerprint density at radius 3 is 2.53 bits per heavy atom. The third kappa shape index (κ3) is 3.48. The molecule has 1 rings (SSSR count). The van der Waals surface area contributed by atoms with Crippen LogP contribution in [0.2, 0.25) is 0 Å². The summed E-state index contributed by atoms with van der Waals surface area (Å²) in [5.41, 5.74) is -0.0266. The van der Waals surface area contributed by atoms with Gasteiger partial charge in [0.2, 0.25) is 0 Å². The molecule has 1 aromatic carbocycles. The Morgan fingerprint density at radius 1 is 1.47 bits per heavy atom. The van der Waals surface area contributed by atoms with Crippen LogP contribution < -0.4 is 0 Å². The summed E-state index contributed by atoms with van der Waals surface area (Å²) in [6.07, 6.45) is -0.391. The molecule has 0 aliphatic carbocycles. The SMILES string of the molecule is CS(=O)(=O)[C@@H](Br)[C@@H](O)c1cccc([N+](=O)[O-])c1. The van der Waals surface area contributed by atoms with Gasteiger partial charge in [0.15, 0.2) is 9.84 Å². The Bertz CT molecular complexity index is 530. The monoisotopic (exact) mass is 323 g/mol. The van der Waals surface area contributed by atoms with Crippen LogP contribution in [0.25, 0.3) is 0 Å². The molecule has 1 aromatic rings. The number of rotatable bonds is 4. The largest absolute Gasteiger partial charge is 0.386 e. The van der Waals surface area contributed by atoms with Crippen molar-refractivity contribution >= 4 is 31.5 Å². The summed E-state index contributed by atoms with van der Waals surface area (Å²) in [4.78, 5) is 9.93. The minimum Gasteiger partial charge on any atom is -0.386 e. The number of alkyl halides is 1. The number of halogens is 1. The van der Waals surface area contributed by atoms with E-state index in [1.54, 1.807) is 0 Å². The van der Waals surface area contributed by atoms with Gasteiger partial charge in [-0.25, -0.2) is 8.42 Å². The zero-order valence-corrected chi connectivity index (χ0v) is 11.2. The minimum atomic E-state index is -3.49. The van der Waals surface area contributed by atoms with Gasteiger partial charge in [-0.05, 0) is 5.56 Å². The topological polar surface area (TPSA) is 97.5 Å². The Balaban J connectivity index is 3.09. The fraction of sp³-hybridized carbons (Fsp3) is 0.333. The molecule has 0 saturated heterocycles. The van der Waals surface area contributed by atoms with Gasteiger partial charge in [0.25, 0.3) is 5.69 Å². The van der Waals surface area contributed by atoms with E-state index in [1.807, 2.05) is 0 Å². The normalized spacial score (nSPS) is 15.2. The number of benzene rings is 1. The van der Waals surface area contributed by atoms with E-state index in [0.717, 1.165) is 12.3 Å². The number of hydrogen-bond acceptors (Lipinski definition) is 5. The van der Waals surface area contributed by atoms with Gasteiger partial charge < -0.3 is 5.11 Å². The molecule has 0 radical (unpaired) electrons. The first-order valence-electron chi connectivity index (χ1n) is 4.49. The number of nitrogens with zero attached hydrogens (tertiary/aromatic N) is 1. The number of non-ortho nitro benzene ring substituents is 1. The first-order valence-corrected chi connectivity index (χ1v) is 7.36. The zero-order chi connectivity index (χ0) is 13.2. The summed E-state index contributed by atoms with van der Waals surface area (Å²) in [6.45, 7) is 0. The van der Waals surface area contributed by atoms with Gasteiger partial charge in [-0.15, -0.1) is 0 Å². The van der Waals surface area contributed by atoms with Crippen molar-refractivity contribution in [3.63, 3.8) is 0 Å². The van der Waals surface area contributed by atoms with Crippen LogP contribution in [0.4, 0.5) is 5.69 Å². The summed E-state index contributed by atoms with van der Waals surface area (Å²) < 4.78 is 21.3. The maximum absolute atomic E-state index is 11.2. The van der Waals surface area contributed by atoms with E-state index in [2.05, 4.69) is 15.9 Å². The van der Waals surface area contributed by atoms with Crippen molar-refractivity contribution in [3.8, 4) is 0 Å². The van der Waals surface area contributed by atoms with Crippen LogP contribution in [0.15, 0.2) is 24.3 Å². The fourth-order valence-corrected chi connectivity index (χ4v) is 2.14. The maximum Gasteiger partial charge on any atom is 0.269 e. The molecule has 0 heterocycles. The molecular weight excluding hydrogens is 314 g/mol. The average molecular weight is 324 g/mol. The number of sulfone groups is 1. The van der Waals surface area contributed by atoms with E-state index in [9.17, 15) is 23.6 Å². The molecule has 8 heteroatoms. The van der Waals surface area contributed by atoms with Gasteiger partial charge in [0.1, 0.15) is 10.3 Å². The predicted molar refractivity (Wildman–Crippen MR) is 65.6 cm³/mol.